The molecule has 1 amide bonds. The Bertz CT molecular complexity index is 790. The van der Waals surface area contributed by atoms with Crippen LogP contribution < -0.4 is 26.2 Å². The van der Waals surface area contributed by atoms with Crippen LogP contribution in [-0.2, 0) is 0 Å². The van der Waals surface area contributed by atoms with Gasteiger partial charge in [0.2, 0.25) is 0 Å². The van der Waals surface area contributed by atoms with E-state index in [1.807, 2.05) is 36.4 Å². The molecule has 4 N–H and O–H groups in total. The zero-order valence-electron chi connectivity index (χ0n) is 15.5. The van der Waals surface area contributed by atoms with Crippen molar-refractivity contribution in [2.24, 2.45) is 0 Å². The van der Waals surface area contributed by atoms with Crippen molar-refractivity contribution in [1.82, 2.24) is 21.5 Å². The summed E-state index contributed by atoms with van der Waals surface area (Å²) in [6.07, 6.45) is 0. The van der Waals surface area contributed by atoms with Crippen molar-refractivity contribution in [1.29, 1.82) is 0 Å². The van der Waals surface area contributed by atoms with E-state index < -0.39 is 0 Å². The number of rotatable bonds is 5. The molecule has 0 radical (unpaired) electrons. The molecule has 2 atom stereocenters. The molecule has 4 rings (SSSR count). The Morgan fingerprint density at radius 2 is 1.81 bits per heavy atom. The lowest BCUT2D eigenvalue weighted by atomic mass is 9.94. The minimum Gasteiger partial charge on any atom is -0.496 e. The van der Waals surface area contributed by atoms with E-state index in [-0.39, 0.29) is 17.9 Å². The van der Waals surface area contributed by atoms with Gasteiger partial charge in [0.05, 0.1) is 7.11 Å². The summed E-state index contributed by atoms with van der Waals surface area (Å²) in [6.45, 7) is 3.36. The predicted molar refractivity (Wildman–Crippen MR) is 105 cm³/mol. The second kappa shape index (κ2) is 8.08. The zero-order chi connectivity index (χ0) is 18.6. The molecular weight excluding hydrogens is 340 g/mol. The second-order valence-electron chi connectivity index (χ2n) is 7.17. The second-order valence-corrected chi connectivity index (χ2v) is 7.17. The Morgan fingerprint density at radius 1 is 1.04 bits per heavy atom. The van der Waals surface area contributed by atoms with Gasteiger partial charge in [0.25, 0.3) is 5.91 Å². The quantitative estimate of drug-likeness (QED) is 0.643. The molecular formula is C21H26N4O2. The summed E-state index contributed by atoms with van der Waals surface area (Å²) in [7, 11) is 1.66. The van der Waals surface area contributed by atoms with E-state index in [0.717, 1.165) is 37.5 Å². The zero-order valence-corrected chi connectivity index (χ0v) is 15.5. The van der Waals surface area contributed by atoms with Crippen LogP contribution in [0.2, 0.25) is 0 Å². The van der Waals surface area contributed by atoms with E-state index in [4.69, 9.17) is 4.74 Å². The van der Waals surface area contributed by atoms with Crippen LogP contribution in [0.1, 0.15) is 33.3 Å². The summed E-state index contributed by atoms with van der Waals surface area (Å²) in [5.41, 5.74) is 9.28. The molecule has 2 fully saturated rings. The molecule has 0 bridgehead atoms. The van der Waals surface area contributed by atoms with Gasteiger partial charge in [-0.1, -0.05) is 36.4 Å². The van der Waals surface area contributed by atoms with E-state index in [9.17, 15) is 4.79 Å². The summed E-state index contributed by atoms with van der Waals surface area (Å²) in [5.74, 6) is 1.34. The summed E-state index contributed by atoms with van der Waals surface area (Å²) in [4.78, 5) is 12.9. The maximum Gasteiger partial charge on any atom is 0.251 e. The van der Waals surface area contributed by atoms with Gasteiger partial charge in [0, 0.05) is 49.6 Å². The van der Waals surface area contributed by atoms with Crippen molar-refractivity contribution in [3.05, 3.63) is 65.2 Å². The number of amides is 1. The van der Waals surface area contributed by atoms with Crippen molar-refractivity contribution in [3.63, 3.8) is 0 Å². The molecule has 0 unspecified atom stereocenters. The molecule has 2 aliphatic heterocycles. The average Bonchev–Trinajstić information content (AvgIpc) is 3.40. The highest BCUT2D eigenvalue weighted by atomic mass is 16.5. The first-order valence-corrected chi connectivity index (χ1v) is 9.46. The van der Waals surface area contributed by atoms with Crippen LogP contribution in [0.5, 0.6) is 5.75 Å². The van der Waals surface area contributed by atoms with Gasteiger partial charge in [-0.15, -0.1) is 0 Å². The number of carbonyl (C=O) groups excluding carboxylic acids is 1. The molecule has 2 saturated heterocycles. The lowest BCUT2D eigenvalue weighted by Crippen LogP contribution is -2.39. The topological polar surface area (TPSA) is 74.4 Å². The normalized spacial score (nSPS) is 22.7. The fraction of sp³-hybridized carbons (Fsp3) is 0.381. The molecule has 6 heteroatoms. The molecule has 2 aromatic rings. The Hall–Kier alpha value is -2.41. The van der Waals surface area contributed by atoms with E-state index in [1.165, 1.54) is 5.56 Å². The molecule has 0 saturated carbocycles. The van der Waals surface area contributed by atoms with Gasteiger partial charge >= 0.3 is 0 Å². The molecule has 0 spiro atoms. The maximum atomic E-state index is 12.9. The van der Waals surface area contributed by atoms with E-state index in [0.29, 0.717) is 11.5 Å². The number of hydrogen-bond donors (Lipinski definition) is 4. The molecule has 27 heavy (non-hydrogen) atoms. The minimum atomic E-state index is -0.0582. The third-order valence-electron chi connectivity index (χ3n) is 5.52. The van der Waals surface area contributed by atoms with Gasteiger partial charge in [0.15, 0.2) is 0 Å². The van der Waals surface area contributed by atoms with Gasteiger partial charge in [-0.3, -0.25) is 15.6 Å². The van der Waals surface area contributed by atoms with E-state index in [1.54, 1.807) is 7.11 Å². The number of nitrogens with one attached hydrogen (secondary N) is 4. The Morgan fingerprint density at radius 3 is 2.56 bits per heavy atom. The third-order valence-corrected chi connectivity index (χ3v) is 5.52. The summed E-state index contributed by atoms with van der Waals surface area (Å²) < 4.78 is 5.56. The van der Waals surface area contributed by atoms with Gasteiger partial charge in [0.1, 0.15) is 5.75 Å². The molecule has 142 valence electrons. The van der Waals surface area contributed by atoms with Gasteiger partial charge in [-0.05, 0) is 23.3 Å². The molecule has 0 aliphatic carbocycles. The van der Waals surface area contributed by atoms with Crippen LogP contribution in [0.4, 0.5) is 0 Å². The number of hydrazine groups is 1. The van der Waals surface area contributed by atoms with Crippen molar-refractivity contribution >= 4 is 5.91 Å². The standard InChI is InChI=1S/C21H26N4O2/c1-27-20-9-15(7-8-17(20)16-10-23-24-11-16)21(26)25-19-13-22-12-18(19)14-5-3-2-4-6-14/h2-9,16,18-19,22-24H,10-13H2,1H3,(H,25,26)/t18-,19+/m0/s1. The molecule has 0 aromatic heterocycles. The van der Waals surface area contributed by atoms with E-state index >= 15 is 0 Å². The van der Waals surface area contributed by atoms with Crippen molar-refractivity contribution in [2.45, 2.75) is 17.9 Å². The first kappa shape index (κ1) is 18.0. The summed E-state index contributed by atoms with van der Waals surface area (Å²) in [5, 5.41) is 6.60. The van der Waals surface area contributed by atoms with Crippen LogP contribution >= 0.6 is 0 Å². The Balaban J connectivity index is 1.49. The van der Waals surface area contributed by atoms with Crippen molar-refractivity contribution in [2.75, 3.05) is 33.3 Å². The summed E-state index contributed by atoms with van der Waals surface area (Å²) >= 11 is 0. The van der Waals surface area contributed by atoms with Gasteiger partial charge in [-0.2, -0.15) is 0 Å². The predicted octanol–water partition coefficient (Wildman–Crippen LogP) is 1.37. The molecule has 2 heterocycles. The van der Waals surface area contributed by atoms with Crippen LogP contribution in [0.25, 0.3) is 0 Å². The van der Waals surface area contributed by atoms with Crippen LogP contribution in [0, 0.1) is 0 Å². The lowest BCUT2D eigenvalue weighted by Gasteiger charge is -2.21. The van der Waals surface area contributed by atoms with E-state index in [2.05, 4.69) is 33.6 Å². The van der Waals surface area contributed by atoms with Crippen LogP contribution in [0.3, 0.4) is 0 Å². The monoisotopic (exact) mass is 366 g/mol. The molecule has 2 aromatic carbocycles. The fourth-order valence-corrected chi connectivity index (χ4v) is 4.01. The highest BCUT2D eigenvalue weighted by Crippen LogP contribution is 2.29. The lowest BCUT2D eigenvalue weighted by molar-refractivity contribution is 0.0936. The third kappa shape index (κ3) is 3.83. The van der Waals surface area contributed by atoms with Crippen molar-refractivity contribution < 1.29 is 9.53 Å². The fourth-order valence-electron chi connectivity index (χ4n) is 4.01. The summed E-state index contributed by atoms with van der Waals surface area (Å²) in [6, 6.07) is 16.2. The largest absolute Gasteiger partial charge is 0.496 e. The Labute approximate surface area is 159 Å². The first-order valence-electron chi connectivity index (χ1n) is 9.46. The van der Waals surface area contributed by atoms with Gasteiger partial charge in [-0.25, -0.2) is 0 Å². The SMILES string of the molecule is COc1cc(C(=O)N[C@@H]2CNC[C@H]2c2ccccc2)ccc1C1CNNC1. The van der Waals surface area contributed by atoms with Crippen molar-refractivity contribution in [3.8, 4) is 5.75 Å². The number of methoxy groups -OCH3 is 1. The molecule has 2 aliphatic rings. The highest BCUT2D eigenvalue weighted by Gasteiger charge is 2.30. The smallest absolute Gasteiger partial charge is 0.251 e. The number of carbonyl (C=O) groups is 1. The maximum absolute atomic E-state index is 12.9. The number of ether oxygens (including phenoxy) is 1. The van der Waals surface area contributed by atoms with Crippen LogP contribution in [-0.4, -0.2) is 45.2 Å². The van der Waals surface area contributed by atoms with Crippen LogP contribution in [0.15, 0.2) is 48.5 Å². The minimum absolute atomic E-state index is 0.0582. The average molecular weight is 366 g/mol. The first-order chi connectivity index (χ1) is 13.3. The number of hydrogen-bond acceptors (Lipinski definition) is 5. The number of benzene rings is 2. The molecule has 6 nitrogen and oxygen atoms in total. The van der Waals surface area contributed by atoms with Gasteiger partial charge < -0.3 is 15.4 Å². The highest BCUT2D eigenvalue weighted by molar-refractivity contribution is 5.95. The Kier molecular flexibility index (Phi) is 5.38.